The van der Waals surface area contributed by atoms with Crippen molar-refractivity contribution in [3.63, 3.8) is 0 Å². The molecule has 2 aromatic carbocycles. The van der Waals surface area contributed by atoms with Gasteiger partial charge in [-0.3, -0.25) is 0 Å². The number of alkyl halides is 1. The van der Waals surface area contributed by atoms with Gasteiger partial charge in [0.1, 0.15) is 0 Å². The largest absolute Gasteiger partial charge is 0.346 e. The standard InChI is InChI=1S/C12H17N.C7H8.C6H10.C3H8.C2H6.CH3Cl/c1-4-10-13(11(2)3)12-8-6-5-7-9-12;1-7-5-3-2-4-6-7;1-6-4-2-3-5-6;1-3-2;2*1-2/h4-11H,1-3H3;2-6H,1H3;4H,2-3,5H2,1H3;3H2,1-2H3;1-2H3;1H3/b10-4-;;;;;. The van der Waals surface area contributed by atoms with Crippen LogP contribution in [0.2, 0.25) is 0 Å². The van der Waals surface area contributed by atoms with Gasteiger partial charge in [-0.2, -0.15) is 0 Å². The average molecular weight is 474 g/mol. The first-order chi connectivity index (χ1) is 16.0. The summed E-state index contributed by atoms with van der Waals surface area (Å²) >= 11 is 4.64. The predicted octanol–water partition coefficient (Wildman–Crippen LogP) is 10.8. The highest BCUT2D eigenvalue weighted by atomic mass is 35.5. The first kappa shape index (κ1) is 35.6. The molecule has 0 fully saturated rings. The Kier molecular flexibility index (Phi) is 30.2. The van der Waals surface area contributed by atoms with Gasteiger partial charge in [-0.25, -0.2) is 0 Å². The summed E-state index contributed by atoms with van der Waals surface area (Å²) in [6, 6.07) is 21.2. The van der Waals surface area contributed by atoms with E-state index in [0.29, 0.717) is 6.04 Å². The molecule has 0 saturated carbocycles. The van der Waals surface area contributed by atoms with Gasteiger partial charge >= 0.3 is 0 Å². The maximum Gasteiger partial charge on any atom is 0.0408 e. The number of para-hydroxylation sites is 1. The third kappa shape index (κ3) is 23.0. The minimum absolute atomic E-state index is 0.499. The zero-order chi connectivity index (χ0) is 25.9. The van der Waals surface area contributed by atoms with Gasteiger partial charge in [0, 0.05) is 24.3 Å². The van der Waals surface area contributed by atoms with Crippen LogP contribution >= 0.6 is 11.6 Å². The van der Waals surface area contributed by atoms with E-state index in [1.54, 1.807) is 5.57 Å². The third-order valence-electron chi connectivity index (χ3n) is 4.13. The maximum absolute atomic E-state index is 4.64. The van der Waals surface area contributed by atoms with E-state index in [0.717, 1.165) is 0 Å². The Bertz CT molecular complexity index is 660. The molecule has 0 aliphatic heterocycles. The molecule has 0 aromatic heterocycles. The minimum atomic E-state index is 0.499. The number of allylic oxidation sites excluding steroid dienone is 3. The van der Waals surface area contributed by atoms with E-state index in [-0.39, 0.29) is 0 Å². The Morgan fingerprint density at radius 3 is 1.58 bits per heavy atom. The van der Waals surface area contributed by atoms with Crippen molar-refractivity contribution in [1.82, 2.24) is 0 Å². The summed E-state index contributed by atoms with van der Waals surface area (Å²) in [5, 5.41) is 0. The summed E-state index contributed by atoms with van der Waals surface area (Å²) < 4.78 is 0. The first-order valence-corrected chi connectivity index (χ1v) is 13.2. The van der Waals surface area contributed by atoms with E-state index in [1.165, 1.54) is 43.3 Å². The Balaban J connectivity index is -0.000000382. The summed E-state index contributed by atoms with van der Waals surface area (Å²) in [6.07, 6.45) is 13.3. The lowest BCUT2D eigenvalue weighted by Gasteiger charge is -2.24. The Morgan fingerprint density at radius 2 is 1.33 bits per heavy atom. The van der Waals surface area contributed by atoms with Crippen LogP contribution in [0.1, 0.15) is 86.6 Å². The van der Waals surface area contributed by atoms with Gasteiger partial charge in [0.25, 0.3) is 0 Å². The van der Waals surface area contributed by atoms with Crippen LogP contribution in [0.15, 0.2) is 84.6 Å². The van der Waals surface area contributed by atoms with Gasteiger partial charge in [0.15, 0.2) is 0 Å². The van der Waals surface area contributed by atoms with E-state index in [9.17, 15) is 0 Å². The molecule has 1 aliphatic rings. The van der Waals surface area contributed by atoms with Crippen molar-refractivity contribution >= 4 is 17.3 Å². The quantitative estimate of drug-likeness (QED) is 0.316. The van der Waals surface area contributed by atoms with Crippen LogP contribution in [-0.4, -0.2) is 12.4 Å². The molecule has 1 nitrogen and oxygen atoms in total. The van der Waals surface area contributed by atoms with Crippen LogP contribution in [0.5, 0.6) is 0 Å². The van der Waals surface area contributed by atoms with Gasteiger partial charge in [-0.05, 0) is 66.0 Å². The van der Waals surface area contributed by atoms with Crippen molar-refractivity contribution in [3.05, 3.63) is 90.2 Å². The molecule has 0 spiro atoms. The highest BCUT2D eigenvalue weighted by Gasteiger charge is 2.04. The highest BCUT2D eigenvalue weighted by molar-refractivity contribution is 6.15. The molecule has 2 heteroatoms. The number of benzene rings is 2. The minimum Gasteiger partial charge on any atom is -0.346 e. The van der Waals surface area contributed by atoms with E-state index in [4.69, 9.17) is 0 Å². The highest BCUT2D eigenvalue weighted by Crippen LogP contribution is 2.16. The molecule has 2 aromatic rings. The molecule has 0 amide bonds. The van der Waals surface area contributed by atoms with E-state index in [1.807, 2.05) is 45.0 Å². The fourth-order valence-electron chi connectivity index (χ4n) is 2.68. The monoisotopic (exact) mass is 473 g/mol. The Hall–Kier alpha value is -1.99. The summed E-state index contributed by atoms with van der Waals surface area (Å²) in [7, 11) is 0. The van der Waals surface area contributed by atoms with Crippen LogP contribution in [-0.2, 0) is 0 Å². The van der Waals surface area contributed by atoms with Crippen LogP contribution < -0.4 is 4.90 Å². The van der Waals surface area contributed by atoms with Crippen molar-refractivity contribution in [2.75, 3.05) is 11.3 Å². The number of hydrogen-bond acceptors (Lipinski definition) is 1. The second-order valence-electron chi connectivity index (χ2n) is 7.62. The number of rotatable bonds is 3. The number of anilines is 1. The van der Waals surface area contributed by atoms with Gasteiger partial charge in [-0.1, -0.05) is 106 Å². The molecule has 3 rings (SSSR count). The normalized spacial score (nSPS) is 11.0. The zero-order valence-electron chi connectivity index (χ0n) is 23.2. The van der Waals surface area contributed by atoms with Gasteiger partial charge in [0.2, 0.25) is 0 Å². The molecular weight excluding hydrogens is 422 g/mol. The molecular formula is C31H52ClN. The van der Waals surface area contributed by atoms with Crippen molar-refractivity contribution in [1.29, 1.82) is 0 Å². The van der Waals surface area contributed by atoms with E-state index in [2.05, 4.69) is 113 Å². The molecule has 0 N–H and O–H groups in total. The van der Waals surface area contributed by atoms with Crippen molar-refractivity contribution in [2.45, 2.75) is 94.0 Å². The van der Waals surface area contributed by atoms with Gasteiger partial charge < -0.3 is 4.90 Å². The lowest BCUT2D eigenvalue weighted by atomic mass is 10.2. The molecule has 188 valence electrons. The molecule has 0 bridgehead atoms. The SMILES string of the molecule is C/C=C\N(c1ccccc1)C(C)C.CC.CC1=CCCC1.CCC.CCl.Cc1ccccc1. The Labute approximate surface area is 212 Å². The summed E-state index contributed by atoms with van der Waals surface area (Å²) in [5.74, 6) is 0. The third-order valence-corrected chi connectivity index (χ3v) is 4.13. The molecule has 1 aliphatic carbocycles. The first-order valence-electron chi connectivity index (χ1n) is 12.5. The van der Waals surface area contributed by atoms with Gasteiger partial charge in [-0.15, -0.1) is 11.6 Å². The lowest BCUT2D eigenvalue weighted by Crippen LogP contribution is -2.24. The van der Waals surface area contributed by atoms with Crippen LogP contribution in [0.4, 0.5) is 5.69 Å². The lowest BCUT2D eigenvalue weighted by molar-refractivity contribution is 0.782. The topological polar surface area (TPSA) is 3.24 Å². The molecule has 0 atom stereocenters. The number of nitrogens with zero attached hydrogens (tertiary/aromatic N) is 1. The second kappa shape index (κ2) is 28.0. The molecule has 0 radical (unpaired) electrons. The van der Waals surface area contributed by atoms with Crippen LogP contribution in [0.25, 0.3) is 0 Å². The van der Waals surface area contributed by atoms with Gasteiger partial charge in [0.05, 0.1) is 0 Å². The van der Waals surface area contributed by atoms with Crippen molar-refractivity contribution < 1.29 is 0 Å². The molecule has 33 heavy (non-hydrogen) atoms. The molecule has 0 saturated heterocycles. The van der Waals surface area contributed by atoms with Crippen molar-refractivity contribution in [2.24, 2.45) is 0 Å². The molecule has 0 heterocycles. The Morgan fingerprint density at radius 1 is 0.879 bits per heavy atom. The van der Waals surface area contributed by atoms with E-state index < -0.39 is 0 Å². The fourth-order valence-corrected chi connectivity index (χ4v) is 2.68. The maximum atomic E-state index is 4.64. The smallest absolute Gasteiger partial charge is 0.0408 e. The summed E-state index contributed by atoms with van der Waals surface area (Å²) in [5.41, 5.74) is 4.15. The zero-order valence-corrected chi connectivity index (χ0v) is 24.0. The number of aryl methyl sites for hydroxylation is 1. The average Bonchev–Trinajstić information content (AvgIpc) is 3.33. The summed E-state index contributed by atoms with van der Waals surface area (Å²) in [4.78, 5) is 2.25. The predicted molar refractivity (Wildman–Crippen MR) is 157 cm³/mol. The number of hydrogen-bond donors (Lipinski definition) is 0. The molecule has 0 unspecified atom stereocenters. The second-order valence-corrected chi connectivity index (χ2v) is 7.62. The van der Waals surface area contributed by atoms with Crippen molar-refractivity contribution in [3.8, 4) is 0 Å². The number of halogens is 1. The van der Waals surface area contributed by atoms with Crippen LogP contribution in [0.3, 0.4) is 0 Å². The van der Waals surface area contributed by atoms with E-state index >= 15 is 0 Å². The fraction of sp³-hybridized carbons (Fsp3) is 0.484. The summed E-state index contributed by atoms with van der Waals surface area (Å²) in [6.45, 7) is 18.9. The van der Waals surface area contributed by atoms with Crippen LogP contribution in [0, 0.1) is 6.92 Å².